The third-order valence-corrected chi connectivity index (χ3v) is 6.89. The minimum absolute atomic E-state index is 0.872. The van der Waals surface area contributed by atoms with Crippen molar-refractivity contribution in [3.63, 3.8) is 0 Å². The zero-order valence-electron chi connectivity index (χ0n) is 16.9. The molecule has 26 heavy (non-hydrogen) atoms. The number of carbonyl (C=O) groups is 1. The molecule has 0 heterocycles. The van der Waals surface area contributed by atoms with Gasteiger partial charge in [0.1, 0.15) is 0 Å². The summed E-state index contributed by atoms with van der Waals surface area (Å²) in [5.41, 5.74) is 0. The molecule has 0 aromatic heterocycles. The number of aliphatic carboxylic acids is 1. The first-order valence-electron chi connectivity index (χ1n) is 11.2. The van der Waals surface area contributed by atoms with Crippen molar-refractivity contribution in [2.45, 2.75) is 96.8 Å². The van der Waals surface area contributed by atoms with Crippen LogP contribution in [0.4, 0.5) is 0 Å². The van der Waals surface area contributed by atoms with Gasteiger partial charge in [0, 0.05) is 6.08 Å². The lowest BCUT2D eigenvalue weighted by Crippen LogP contribution is -2.25. The van der Waals surface area contributed by atoms with Gasteiger partial charge in [0.25, 0.3) is 0 Å². The summed E-state index contributed by atoms with van der Waals surface area (Å²) in [6, 6.07) is 0. The molecule has 0 spiro atoms. The molecule has 0 aliphatic heterocycles. The lowest BCUT2D eigenvalue weighted by atomic mass is 9.68. The average molecular weight is 361 g/mol. The summed E-state index contributed by atoms with van der Waals surface area (Å²) in [6.07, 6.45) is 26.7. The molecular weight excluding hydrogens is 320 g/mol. The van der Waals surface area contributed by atoms with Crippen molar-refractivity contribution in [3.05, 3.63) is 24.3 Å². The normalized spacial score (nSPS) is 30.2. The van der Waals surface area contributed by atoms with Gasteiger partial charge in [0.2, 0.25) is 0 Å². The van der Waals surface area contributed by atoms with E-state index in [-0.39, 0.29) is 0 Å². The summed E-state index contributed by atoms with van der Waals surface area (Å²) in [4.78, 5) is 10.4. The molecule has 0 radical (unpaired) electrons. The zero-order valence-corrected chi connectivity index (χ0v) is 16.9. The Morgan fingerprint density at radius 3 is 1.96 bits per heavy atom. The van der Waals surface area contributed by atoms with Crippen molar-refractivity contribution >= 4 is 5.97 Å². The van der Waals surface area contributed by atoms with Crippen molar-refractivity contribution in [3.8, 4) is 0 Å². The van der Waals surface area contributed by atoms with Crippen LogP contribution in [0.2, 0.25) is 0 Å². The van der Waals surface area contributed by atoms with Gasteiger partial charge in [-0.1, -0.05) is 76.5 Å². The molecule has 0 bridgehead atoms. The molecule has 2 saturated carbocycles. The number of unbranched alkanes of at least 4 members (excludes halogenated alkanes) is 2. The topological polar surface area (TPSA) is 37.3 Å². The summed E-state index contributed by atoms with van der Waals surface area (Å²) in [5.74, 6) is 3.10. The van der Waals surface area contributed by atoms with Crippen LogP contribution in [0.3, 0.4) is 0 Å². The van der Waals surface area contributed by atoms with E-state index in [0.29, 0.717) is 0 Å². The van der Waals surface area contributed by atoms with Gasteiger partial charge in [0.05, 0.1) is 0 Å². The molecule has 2 rings (SSSR count). The molecule has 2 aliphatic rings. The van der Waals surface area contributed by atoms with E-state index in [1.807, 2.05) is 6.08 Å². The maximum atomic E-state index is 10.4. The number of carboxylic acids is 1. The smallest absolute Gasteiger partial charge is 0.328 e. The van der Waals surface area contributed by atoms with Crippen LogP contribution in [0.1, 0.15) is 96.8 Å². The summed E-state index contributed by atoms with van der Waals surface area (Å²) in [6.45, 7) is 2.31. The minimum Gasteiger partial charge on any atom is -0.478 e. The van der Waals surface area contributed by atoms with E-state index in [4.69, 9.17) is 5.11 Å². The third-order valence-electron chi connectivity index (χ3n) is 6.89. The van der Waals surface area contributed by atoms with Crippen molar-refractivity contribution in [1.82, 2.24) is 0 Å². The fourth-order valence-electron chi connectivity index (χ4n) is 5.22. The van der Waals surface area contributed by atoms with Crippen molar-refractivity contribution < 1.29 is 9.90 Å². The van der Waals surface area contributed by atoms with E-state index in [1.165, 1.54) is 89.5 Å². The summed E-state index contributed by atoms with van der Waals surface area (Å²) in [5, 5.41) is 8.55. The Bertz CT molecular complexity index is 435. The van der Waals surface area contributed by atoms with Crippen molar-refractivity contribution in [1.29, 1.82) is 0 Å². The second-order valence-corrected chi connectivity index (χ2v) is 8.76. The molecule has 0 aromatic rings. The van der Waals surface area contributed by atoms with Crippen LogP contribution in [0.15, 0.2) is 24.3 Å². The lowest BCUT2D eigenvalue weighted by Gasteiger charge is -2.38. The zero-order chi connectivity index (χ0) is 18.6. The number of hydrogen-bond acceptors (Lipinski definition) is 1. The average Bonchev–Trinajstić information content (AvgIpc) is 2.66. The monoisotopic (exact) mass is 360 g/mol. The summed E-state index contributed by atoms with van der Waals surface area (Å²) < 4.78 is 0. The number of hydrogen-bond donors (Lipinski definition) is 1. The van der Waals surface area contributed by atoms with Gasteiger partial charge in [-0.2, -0.15) is 0 Å². The van der Waals surface area contributed by atoms with Crippen LogP contribution in [0.5, 0.6) is 0 Å². The minimum atomic E-state index is -0.872. The van der Waals surface area contributed by atoms with Gasteiger partial charge < -0.3 is 5.11 Å². The first-order valence-corrected chi connectivity index (χ1v) is 11.2. The maximum Gasteiger partial charge on any atom is 0.328 e. The van der Waals surface area contributed by atoms with Gasteiger partial charge in [-0.25, -0.2) is 4.79 Å². The Kier molecular flexibility index (Phi) is 10.1. The molecule has 0 saturated heterocycles. The molecular formula is C24H40O2. The van der Waals surface area contributed by atoms with E-state index in [9.17, 15) is 4.79 Å². The highest BCUT2D eigenvalue weighted by Crippen LogP contribution is 2.43. The quantitative estimate of drug-likeness (QED) is 0.255. The molecule has 2 fully saturated rings. The van der Waals surface area contributed by atoms with E-state index in [0.717, 1.165) is 30.1 Å². The number of allylic oxidation sites excluding steroid dienone is 3. The Morgan fingerprint density at radius 2 is 1.42 bits per heavy atom. The second kappa shape index (κ2) is 12.4. The van der Waals surface area contributed by atoms with Gasteiger partial charge in [-0.05, 0) is 62.2 Å². The molecule has 2 nitrogen and oxygen atoms in total. The third kappa shape index (κ3) is 8.10. The fourth-order valence-corrected chi connectivity index (χ4v) is 5.22. The maximum absolute atomic E-state index is 10.4. The van der Waals surface area contributed by atoms with Crippen LogP contribution in [-0.4, -0.2) is 11.1 Å². The van der Waals surface area contributed by atoms with Gasteiger partial charge in [0.15, 0.2) is 0 Å². The molecule has 2 heteroatoms. The molecule has 0 amide bonds. The van der Waals surface area contributed by atoms with Crippen LogP contribution in [-0.2, 0) is 4.79 Å². The highest BCUT2D eigenvalue weighted by molar-refractivity contribution is 5.80. The van der Waals surface area contributed by atoms with Crippen molar-refractivity contribution in [2.75, 3.05) is 0 Å². The predicted molar refractivity (Wildman–Crippen MR) is 110 cm³/mol. The van der Waals surface area contributed by atoms with Crippen LogP contribution in [0.25, 0.3) is 0 Å². The van der Waals surface area contributed by atoms with Gasteiger partial charge >= 0.3 is 5.97 Å². The van der Waals surface area contributed by atoms with Gasteiger partial charge in [-0.15, -0.1) is 0 Å². The fraction of sp³-hybridized carbons (Fsp3) is 0.792. The van der Waals surface area contributed by atoms with Crippen LogP contribution >= 0.6 is 0 Å². The molecule has 2 aliphatic carbocycles. The number of carboxylic acid groups (broad SMARTS) is 1. The summed E-state index contributed by atoms with van der Waals surface area (Å²) in [7, 11) is 0. The highest BCUT2D eigenvalue weighted by atomic mass is 16.4. The van der Waals surface area contributed by atoms with E-state index in [1.54, 1.807) is 6.08 Å². The SMILES string of the molecule is CCCCCC1CCC(C2CCC(CC/C=C/C=C/C(=O)O)CC2)CC1. The van der Waals surface area contributed by atoms with E-state index < -0.39 is 5.97 Å². The standard InChI is InChI=1S/C24H40O2/c1-2-3-6-9-20-12-16-22(17-13-20)23-18-14-21(15-19-23)10-7-4-5-8-11-24(25)26/h4-5,8,11,20-23H,2-3,6-7,9-10,12-19H2,1H3,(H,25,26)/b5-4+,11-8+. The van der Waals surface area contributed by atoms with Gasteiger partial charge in [-0.3, -0.25) is 0 Å². The number of rotatable bonds is 10. The first kappa shape index (κ1) is 21.3. The molecule has 0 unspecified atom stereocenters. The second-order valence-electron chi connectivity index (χ2n) is 8.76. The Balaban J connectivity index is 1.57. The lowest BCUT2D eigenvalue weighted by molar-refractivity contribution is -0.131. The summed E-state index contributed by atoms with van der Waals surface area (Å²) >= 11 is 0. The highest BCUT2D eigenvalue weighted by Gasteiger charge is 2.30. The Hall–Kier alpha value is -1.05. The van der Waals surface area contributed by atoms with Crippen LogP contribution < -0.4 is 0 Å². The van der Waals surface area contributed by atoms with E-state index >= 15 is 0 Å². The molecule has 148 valence electrons. The molecule has 0 atom stereocenters. The van der Waals surface area contributed by atoms with Crippen molar-refractivity contribution in [2.24, 2.45) is 23.7 Å². The predicted octanol–water partition coefficient (Wildman–Crippen LogP) is 7.16. The first-order chi connectivity index (χ1) is 12.7. The molecule has 0 aromatic carbocycles. The largest absolute Gasteiger partial charge is 0.478 e. The Labute approximate surface area is 161 Å². The molecule has 1 N–H and O–H groups in total. The van der Waals surface area contributed by atoms with E-state index in [2.05, 4.69) is 13.0 Å². The Morgan fingerprint density at radius 1 is 0.846 bits per heavy atom. The van der Waals surface area contributed by atoms with Crippen LogP contribution in [0, 0.1) is 23.7 Å².